The lowest BCUT2D eigenvalue weighted by atomic mass is 10.1. The van der Waals surface area contributed by atoms with E-state index in [1.54, 1.807) is 37.8 Å². The summed E-state index contributed by atoms with van der Waals surface area (Å²) in [6, 6.07) is 10.7. The molecule has 1 aromatic heterocycles. The van der Waals surface area contributed by atoms with Crippen LogP contribution in [0.25, 0.3) is 11.3 Å². The highest BCUT2D eigenvalue weighted by atomic mass is 32.1. The number of benzene rings is 2. The van der Waals surface area contributed by atoms with Gasteiger partial charge in [0.1, 0.15) is 17.2 Å². The average Bonchev–Trinajstić information content (AvgIpc) is 3.15. The van der Waals surface area contributed by atoms with Crippen molar-refractivity contribution in [3.63, 3.8) is 0 Å². The lowest BCUT2D eigenvalue weighted by molar-refractivity contribution is -0.0498. The Morgan fingerprint density at radius 2 is 1.79 bits per heavy atom. The zero-order valence-electron chi connectivity index (χ0n) is 14.9. The van der Waals surface area contributed by atoms with Crippen LogP contribution < -0.4 is 19.5 Å². The number of amides is 1. The molecule has 0 atom stereocenters. The van der Waals surface area contributed by atoms with Gasteiger partial charge in [0, 0.05) is 16.5 Å². The summed E-state index contributed by atoms with van der Waals surface area (Å²) in [5.74, 6) is 0.842. The van der Waals surface area contributed by atoms with Crippen LogP contribution in [-0.4, -0.2) is 31.7 Å². The Balaban J connectivity index is 1.75. The number of hydrogen-bond donors (Lipinski definition) is 1. The summed E-state index contributed by atoms with van der Waals surface area (Å²) in [6.07, 6.45) is 0. The van der Waals surface area contributed by atoms with Gasteiger partial charge in [-0.3, -0.25) is 10.1 Å². The number of nitrogens with zero attached hydrogens (tertiary/aromatic N) is 1. The minimum absolute atomic E-state index is 0.0202. The molecule has 2 aromatic carbocycles. The number of ether oxygens (including phenoxy) is 3. The maximum absolute atomic E-state index is 12.3. The smallest absolute Gasteiger partial charge is 0.387 e. The van der Waals surface area contributed by atoms with Gasteiger partial charge in [0.15, 0.2) is 5.13 Å². The third-order valence-electron chi connectivity index (χ3n) is 3.75. The van der Waals surface area contributed by atoms with E-state index in [2.05, 4.69) is 15.0 Å². The number of nitrogens with one attached hydrogen (secondary N) is 1. The number of carbonyl (C=O) groups is 1. The molecule has 0 aliphatic carbocycles. The SMILES string of the molecule is COc1ccc(OC)c(-c2csc(NC(=O)c3ccc(OC(F)F)cc3)n2)c1. The van der Waals surface area contributed by atoms with Crippen LogP contribution >= 0.6 is 11.3 Å². The number of rotatable bonds is 7. The van der Waals surface area contributed by atoms with Gasteiger partial charge in [-0.05, 0) is 42.5 Å². The van der Waals surface area contributed by atoms with Crippen molar-refractivity contribution in [3.05, 3.63) is 53.4 Å². The maximum Gasteiger partial charge on any atom is 0.387 e. The van der Waals surface area contributed by atoms with E-state index in [9.17, 15) is 13.6 Å². The second-order valence-corrected chi connectivity index (χ2v) is 6.32. The first kappa shape index (κ1) is 19.6. The molecule has 1 N–H and O–H groups in total. The Kier molecular flexibility index (Phi) is 6.05. The number of hydrogen-bond acceptors (Lipinski definition) is 6. The zero-order valence-corrected chi connectivity index (χ0v) is 15.8. The third kappa shape index (κ3) is 4.55. The lowest BCUT2D eigenvalue weighted by Gasteiger charge is -2.08. The molecule has 0 radical (unpaired) electrons. The van der Waals surface area contributed by atoms with Crippen LogP contribution in [-0.2, 0) is 0 Å². The first-order chi connectivity index (χ1) is 13.5. The summed E-state index contributed by atoms with van der Waals surface area (Å²) >= 11 is 1.25. The van der Waals surface area contributed by atoms with Crippen molar-refractivity contribution in [2.24, 2.45) is 0 Å². The molecule has 6 nitrogen and oxygen atoms in total. The summed E-state index contributed by atoms with van der Waals surface area (Å²) in [5.41, 5.74) is 1.64. The monoisotopic (exact) mass is 406 g/mol. The first-order valence-electron chi connectivity index (χ1n) is 8.04. The topological polar surface area (TPSA) is 69.7 Å². The molecule has 0 aliphatic rings. The van der Waals surface area contributed by atoms with Crippen molar-refractivity contribution in [2.75, 3.05) is 19.5 Å². The van der Waals surface area contributed by atoms with Gasteiger partial charge in [0.2, 0.25) is 0 Å². The van der Waals surface area contributed by atoms with Gasteiger partial charge in [0.05, 0.1) is 19.9 Å². The van der Waals surface area contributed by atoms with Crippen molar-refractivity contribution in [1.29, 1.82) is 0 Å². The highest BCUT2D eigenvalue weighted by Gasteiger charge is 2.14. The molecule has 0 saturated heterocycles. The molecule has 0 fully saturated rings. The largest absolute Gasteiger partial charge is 0.497 e. The molecular weight excluding hydrogens is 390 g/mol. The van der Waals surface area contributed by atoms with E-state index in [-0.39, 0.29) is 11.3 Å². The number of thiazole rings is 1. The fraction of sp³-hybridized carbons (Fsp3) is 0.158. The highest BCUT2D eigenvalue weighted by molar-refractivity contribution is 7.14. The molecule has 3 rings (SSSR count). The molecule has 3 aromatic rings. The molecule has 28 heavy (non-hydrogen) atoms. The maximum atomic E-state index is 12.3. The third-order valence-corrected chi connectivity index (χ3v) is 4.51. The normalized spacial score (nSPS) is 10.6. The minimum atomic E-state index is -2.91. The Labute approximate surface area is 163 Å². The van der Waals surface area contributed by atoms with Gasteiger partial charge in [0.25, 0.3) is 5.91 Å². The average molecular weight is 406 g/mol. The van der Waals surface area contributed by atoms with E-state index in [0.717, 1.165) is 5.56 Å². The van der Waals surface area contributed by atoms with Crippen LogP contribution in [0, 0.1) is 0 Å². The van der Waals surface area contributed by atoms with Crippen molar-refractivity contribution < 1.29 is 27.8 Å². The van der Waals surface area contributed by atoms with Crippen LogP contribution in [0.5, 0.6) is 17.2 Å². The molecule has 0 bridgehead atoms. The summed E-state index contributed by atoms with van der Waals surface area (Å²) in [7, 11) is 3.12. The fourth-order valence-electron chi connectivity index (χ4n) is 2.43. The van der Waals surface area contributed by atoms with Crippen LogP contribution in [0.1, 0.15) is 10.4 Å². The Bertz CT molecular complexity index is 961. The lowest BCUT2D eigenvalue weighted by Crippen LogP contribution is -2.11. The summed E-state index contributed by atoms with van der Waals surface area (Å²) in [5, 5.41) is 4.85. The highest BCUT2D eigenvalue weighted by Crippen LogP contribution is 2.35. The Hall–Kier alpha value is -3.20. The van der Waals surface area contributed by atoms with E-state index in [4.69, 9.17) is 9.47 Å². The second-order valence-electron chi connectivity index (χ2n) is 5.46. The number of anilines is 1. The standard InChI is InChI=1S/C19H16F2N2O4S/c1-25-13-7-8-16(26-2)14(9-13)15-10-28-19(22-15)23-17(24)11-3-5-12(6-4-11)27-18(20)21/h3-10,18H,1-2H3,(H,22,23,24). The molecule has 1 heterocycles. The number of alkyl halides is 2. The van der Waals surface area contributed by atoms with Crippen molar-refractivity contribution in [2.45, 2.75) is 6.61 Å². The van der Waals surface area contributed by atoms with Crippen LogP contribution in [0.4, 0.5) is 13.9 Å². The van der Waals surface area contributed by atoms with Crippen LogP contribution in [0.3, 0.4) is 0 Å². The molecule has 1 amide bonds. The van der Waals surface area contributed by atoms with Gasteiger partial charge >= 0.3 is 6.61 Å². The van der Waals surface area contributed by atoms with Crippen LogP contribution in [0.2, 0.25) is 0 Å². The van der Waals surface area contributed by atoms with Gasteiger partial charge in [-0.1, -0.05) is 0 Å². The van der Waals surface area contributed by atoms with Gasteiger partial charge in [-0.15, -0.1) is 11.3 Å². The quantitative estimate of drug-likeness (QED) is 0.617. The van der Waals surface area contributed by atoms with E-state index < -0.39 is 12.5 Å². The first-order valence-corrected chi connectivity index (χ1v) is 8.92. The minimum Gasteiger partial charge on any atom is -0.497 e. The van der Waals surface area contributed by atoms with E-state index in [1.165, 1.54) is 35.6 Å². The predicted octanol–water partition coefficient (Wildman–Crippen LogP) is 4.68. The number of methoxy groups -OCH3 is 2. The second kappa shape index (κ2) is 8.66. The summed E-state index contributed by atoms with van der Waals surface area (Å²) < 4.78 is 39.2. The van der Waals surface area contributed by atoms with Crippen molar-refractivity contribution in [3.8, 4) is 28.5 Å². The fourth-order valence-corrected chi connectivity index (χ4v) is 3.13. The van der Waals surface area contributed by atoms with Crippen molar-refractivity contribution in [1.82, 2.24) is 4.98 Å². The van der Waals surface area contributed by atoms with Crippen LogP contribution in [0.15, 0.2) is 47.8 Å². The molecule has 0 unspecified atom stereocenters. The molecule has 9 heteroatoms. The number of aromatic nitrogens is 1. The van der Waals surface area contributed by atoms with E-state index >= 15 is 0 Å². The number of halogens is 2. The van der Waals surface area contributed by atoms with Gasteiger partial charge in [-0.25, -0.2) is 4.98 Å². The summed E-state index contributed by atoms with van der Waals surface area (Å²) in [4.78, 5) is 16.8. The molecule has 0 aliphatic heterocycles. The molecule has 0 spiro atoms. The number of carbonyl (C=O) groups excluding carboxylic acids is 1. The predicted molar refractivity (Wildman–Crippen MR) is 102 cm³/mol. The molecular formula is C19H16F2N2O4S. The zero-order chi connectivity index (χ0) is 20.1. The molecule has 146 valence electrons. The van der Waals surface area contributed by atoms with Crippen molar-refractivity contribution >= 4 is 22.4 Å². The Morgan fingerprint density at radius 1 is 1.07 bits per heavy atom. The van der Waals surface area contributed by atoms with Gasteiger partial charge in [-0.2, -0.15) is 8.78 Å². The summed E-state index contributed by atoms with van der Waals surface area (Å²) in [6.45, 7) is -2.91. The van der Waals surface area contributed by atoms with E-state index in [0.29, 0.717) is 22.3 Å². The van der Waals surface area contributed by atoms with Gasteiger partial charge < -0.3 is 14.2 Å². The van der Waals surface area contributed by atoms with E-state index in [1.807, 2.05) is 0 Å². The molecule has 0 saturated carbocycles. The Morgan fingerprint density at radius 3 is 2.43 bits per heavy atom.